The maximum Gasteiger partial charge on any atom is 0.328 e. The normalized spacial score (nSPS) is 14.5. The number of aromatic hydroxyl groups is 1. The molecule has 0 saturated heterocycles. The summed E-state index contributed by atoms with van der Waals surface area (Å²) in [5.41, 5.74) is 8.31. The third-order valence-corrected chi connectivity index (χ3v) is 6.61. The van der Waals surface area contributed by atoms with Crippen LogP contribution in [0.1, 0.15) is 23.6 Å². The number of aliphatic carboxylic acids is 1. The lowest BCUT2D eigenvalue weighted by Gasteiger charge is -2.26. The van der Waals surface area contributed by atoms with E-state index >= 15 is 0 Å². The van der Waals surface area contributed by atoms with E-state index in [0.717, 1.165) is 11.1 Å². The molecule has 0 radical (unpaired) electrons. The van der Waals surface area contributed by atoms with E-state index in [1.54, 1.807) is 36.4 Å². The molecule has 0 aliphatic heterocycles. The number of carbonyl (C=O) groups excluding carboxylic acids is 3. The quantitative estimate of drug-likeness (QED) is 0.146. The van der Waals surface area contributed by atoms with E-state index in [1.165, 1.54) is 19.1 Å². The first-order chi connectivity index (χ1) is 20.0. The van der Waals surface area contributed by atoms with Crippen LogP contribution >= 0.6 is 0 Å². The average molecular weight is 577 g/mol. The lowest BCUT2D eigenvalue weighted by atomic mass is 10.0. The highest BCUT2D eigenvalue weighted by atomic mass is 16.4. The Morgan fingerprint density at radius 3 is 1.57 bits per heavy atom. The number of benzene rings is 3. The van der Waals surface area contributed by atoms with Gasteiger partial charge in [0.2, 0.25) is 17.7 Å². The monoisotopic (exact) mass is 576 g/mol. The molecular formula is C31H36N4O7. The Labute approximate surface area is 243 Å². The number of carbonyl (C=O) groups is 4. The minimum atomic E-state index is -1.62. The number of phenols is 1. The zero-order valence-electron chi connectivity index (χ0n) is 23.1. The Morgan fingerprint density at radius 1 is 0.667 bits per heavy atom. The Kier molecular flexibility index (Phi) is 11.6. The number of rotatable bonds is 14. The summed E-state index contributed by atoms with van der Waals surface area (Å²) in [5, 5.41) is 36.5. The van der Waals surface area contributed by atoms with Crippen molar-refractivity contribution in [2.75, 3.05) is 0 Å². The lowest BCUT2D eigenvalue weighted by molar-refractivity contribution is -0.145. The van der Waals surface area contributed by atoms with Gasteiger partial charge in [-0.05, 0) is 42.2 Å². The topological polar surface area (TPSA) is 191 Å². The molecule has 0 bridgehead atoms. The first-order valence-corrected chi connectivity index (χ1v) is 13.5. The van der Waals surface area contributed by atoms with Gasteiger partial charge in [-0.1, -0.05) is 72.8 Å². The Morgan fingerprint density at radius 2 is 1.10 bits per heavy atom. The molecule has 3 amide bonds. The van der Waals surface area contributed by atoms with Gasteiger partial charge in [0.1, 0.15) is 17.8 Å². The number of nitrogens with one attached hydrogen (secondary N) is 3. The third-order valence-electron chi connectivity index (χ3n) is 6.61. The van der Waals surface area contributed by atoms with Crippen LogP contribution < -0.4 is 21.7 Å². The molecule has 0 spiro atoms. The summed E-state index contributed by atoms with van der Waals surface area (Å²) < 4.78 is 0. The second-order valence-corrected chi connectivity index (χ2v) is 10.0. The molecular weight excluding hydrogens is 540 g/mol. The van der Waals surface area contributed by atoms with Crippen molar-refractivity contribution in [3.63, 3.8) is 0 Å². The maximum atomic E-state index is 13.6. The van der Waals surface area contributed by atoms with Crippen LogP contribution in [0.15, 0.2) is 84.9 Å². The predicted octanol–water partition coefficient (Wildman–Crippen LogP) is 0.667. The minimum Gasteiger partial charge on any atom is -0.508 e. The van der Waals surface area contributed by atoms with Gasteiger partial charge in [-0.25, -0.2) is 4.79 Å². The van der Waals surface area contributed by atoms with Crippen LogP contribution in [-0.2, 0) is 38.4 Å². The number of aliphatic hydroxyl groups excluding tert-OH is 1. The van der Waals surface area contributed by atoms with Crippen LogP contribution in [0.5, 0.6) is 5.75 Å². The summed E-state index contributed by atoms with van der Waals surface area (Å²) in [6.07, 6.45) is -1.14. The van der Waals surface area contributed by atoms with E-state index in [2.05, 4.69) is 16.0 Å². The highest BCUT2D eigenvalue weighted by Gasteiger charge is 2.32. The number of amides is 3. The van der Waals surface area contributed by atoms with Crippen molar-refractivity contribution in [3.05, 3.63) is 102 Å². The molecule has 3 aromatic carbocycles. The van der Waals surface area contributed by atoms with E-state index in [0.29, 0.717) is 5.56 Å². The average Bonchev–Trinajstić information content (AvgIpc) is 2.96. The second-order valence-electron chi connectivity index (χ2n) is 10.0. The van der Waals surface area contributed by atoms with Crippen LogP contribution in [0.25, 0.3) is 0 Å². The van der Waals surface area contributed by atoms with Gasteiger partial charge in [-0.2, -0.15) is 0 Å². The lowest BCUT2D eigenvalue weighted by Crippen LogP contribution is -2.59. The van der Waals surface area contributed by atoms with Gasteiger partial charge in [0.15, 0.2) is 6.04 Å². The Bertz CT molecular complexity index is 1330. The van der Waals surface area contributed by atoms with Crippen LogP contribution in [0.2, 0.25) is 0 Å². The maximum absolute atomic E-state index is 13.6. The van der Waals surface area contributed by atoms with Gasteiger partial charge < -0.3 is 37.0 Å². The van der Waals surface area contributed by atoms with Crippen molar-refractivity contribution >= 4 is 23.7 Å². The predicted molar refractivity (Wildman–Crippen MR) is 155 cm³/mol. The first kappa shape index (κ1) is 31.8. The molecule has 3 rings (SSSR count). The number of aliphatic hydroxyl groups is 1. The smallest absolute Gasteiger partial charge is 0.328 e. The van der Waals surface area contributed by atoms with E-state index in [4.69, 9.17) is 5.73 Å². The highest BCUT2D eigenvalue weighted by Crippen LogP contribution is 2.13. The largest absolute Gasteiger partial charge is 0.508 e. The fourth-order valence-electron chi connectivity index (χ4n) is 4.29. The van der Waals surface area contributed by atoms with Crippen molar-refractivity contribution in [1.29, 1.82) is 0 Å². The van der Waals surface area contributed by atoms with Crippen molar-refractivity contribution in [2.45, 2.75) is 56.5 Å². The zero-order valence-corrected chi connectivity index (χ0v) is 23.1. The second kappa shape index (κ2) is 15.3. The number of carboxylic acid groups (broad SMARTS) is 1. The number of phenolic OH excluding ortho intramolecular Hbond substituents is 1. The van der Waals surface area contributed by atoms with Crippen molar-refractivity contribution in [1.82, 2.24) is 16.0 Å². The van der Waals surface area contributed by atoms with E-state index < -0.39 is 54.0 Å². The van der Waals surface area contributed by atoms with Gasteiger partial charge in [0.25, 0.3) is 0 Å². The van der Waals surface area contributed by atoms with Gasteiger partial charge in [-0.15, -0.1) is 0 Å². The first-order valence-electron chi connectivity index (χ1n) is 13.5. The molecule has 3 aromatic rings. The number of hydrogen-bond acceptors (Lipinski definition) is 7. The minimum absolute atomic E-state index is 0.00122. The molecule has 0 fully saturated rings. The van der Waals surface area contributed by atoms with Crippen LogP contribution in [-0.4, -0.2) is 69.3 Å². The molecule has 42 heavy (non-hydrogen) atoms. The molecule has 5 unspecified atom stereocenters. The van der Waals surface area contributed by atoms with E-state index in [-0.39, 0.29) is 25.0 Å². The van der Waals surface area contributed by atoms with Gasteiger partial charge >= 0.3 is 5.97 Å². The van der Waals surface area contributed by atoms with Crippen molar-refractivity contribution in [3.8, 4) is 5.75 Å². The van der Waals surface area contributed by atoms with Crippen LogP contribution in [0, 0.1) is 0 Å². The summed E-state index contributed by atoms with van der Waals surface area (Å²) in [4.78, 5) is 51.5. The SMILES string of the molecule is CC(O)C(NC(=O)C(Cc1ccc(O)cc1)NC(=O)C(Cc1ccccc1)NC(=O)C(N)Cc1ccccc1)C(=O)O. The standard InChI is InChI=1S/C31H36N4O7/c1-19(36)27(31(41)42)35-30(40)26(18-22-12-14-23(37)15-13-22)34-29(39)25(17-21-10-6-3-7-11-21)33-28(38)24(32)16-20-8-4-2-5-9-20/h2-15,19,24-27,36-37H,16-18,32H2,1H3,(H,33,38)(H,34,39)(H,35,40)(H,41,42). The summed E-state index contributed by atoms with van der Waals surface area (Å²) in [6, 6.07) is 19.1. The van der Waals surface area contributed by atoms with Crippen LogP contribution in [0.4, 0.5) is 0 Å². The molecule has 0 aliphatic rings. The van der Waals surface area contributed by atoms with E-state index in [9.17, 15) is 34.5 Å². The third kappa shape index (κ3) is 9.72. The van der Waals surface area contributed by atoms with Crippen molar-refractivity contribution < 1.29 is 34.5 Å². The molecule has 11 nitrogen and oxygen atoms in total. The number of nitrogens with two attached hydrogens (primary N) is 1. The van der Waals surface area contributed by atoms with Gasteiger partial charge in [0, 0.05) is 12.8 Å². The molecule has 0 heterocycles. The molecule has 0 aromatic heterocycles. The van der Waals surface area contributed by atoms with Gasteiger partial charge in [0.05, 0.1) is 12.1 Å². The Balaban J connectivity index is 1.83. The number of hydrogen-bond donors (Lipinski definition) is 7. The zero-order chi connectivity index (χ0) is 30.6. The molecule has 0 saturated carbocycles. The molecule has 222 valence electrons. The van der Waals surface area contributed by atoms with E-state index in [1.807, 2.05) is 36.4 Å². The van der Waals surface area contributed by atoms with Crippen molar-refractivity contribution in [2.24, 2.45) is 5.73 Å². The fraction of sp³-hybridized carbons (Fsp3) is 0.290. The molecule has 8 N–H and O–H groups in total. The summed E-state index contributed by atoms with van der Waals surface area (Å²) in [5.74, 6) is -3.55. The number of carboxylic acids is 1. The highest BCUT2D eigenvalue weighted by molar-refractivity contribution is 5.94. The summed E-state index contributed by atoms with van der Waals surface area (Å²) in [7, 11) is 0. The molecule has 11 heteroatoms. The van der Waals surface area contributed by atoms with Gasteiger partial charge in [-0.3, -0.25) is 14.4 Å². The fourth-order valence-corrected chi connectivity index (χ4v) is 4.29. The van der Waals surface area contributed by atoms with Crippen LogP contribution in [0.3, 0.4) is 0 Å². The molecule has 5 atom stereocenters. The summed E-state index contributed by atoms with van der Waals surface area (Å²) >= 11 is 0. The molecule has 0 aliphatic carbocycles. The Hall–Kier alpha value is -4.74. The summed E-state index contributed by atoms with van der Waals surface area (Å²) in [6.45, 7) is 1.22.